The second-order valence-electron chi connectivity index (χ2n) is 1.94. The average molecular weight is 217 g/mol. The lowest BCUT2D eigenvalue weighted by Crippen LogP contribution is -2.02. The number of hydrogen-bond donors (Lipinski definition) is 1. The number of aryl methyl sites for hydroxylation is 1. The van der Waals surface area contributed by atoms with E-state index in [1.54, 1.807) is 6.92 Å². The summed E-state index contributed by atoms with van der Waals surface area (Å²) in [4.78, 5) is 17.9. The summed E-state index contributed by atoms with van der Waals surface area (Å²) in [7, 11) is 0. The molecule has 1 aromatic heterocycles. The van der Waals surface area contributed by atoms with Gasteiger partial charge in [-0.2, -0.15) is 0 Å². The summed E-state index contributed by atoms with van der Waals surface area (Å²) in [5, 5.41) is 8.48. The van der Waals surface area contributed by atoms with Crippen molar-refractivity contribution in [1.82, 2.24) is 9.97 Å². The first-order valence-corrected chi connectivity index (χ1v) is 3.63. The highest BCUT2D eigenvalue weighted by molar-refractivity contribution is 9.10. The first-order chi connectivity index (χ1) is 5.11. The fourth-order valence-corrected chi connectivity index (χ4v) is 0.823. The van der Waals surface area contributed by atoms with Crippen LogP contribution >= 0.6 is 15.9 Å². The first-order valence-electron chi connectivity index (χ1n) is 2.83. The van der Waals surface area contributed by atoms with E-state index in [4.69, 9.17) is 5.11 Å². The van der Waals surface area contributed by atoms with Gasteiger partial charge in [-0.15, -0.1) is 0 Å². The van der Waals surface area contributed by atoms with Crippen LogP contribution in [0.25, 0.3) is 0 Å². The van der Waals surface area contributed by atoms with Crippen LogP contribution in [0.15, 0.2) is 10.8 Å². The van der Waals surface area contributed by atoms with Gasteiger partial charge in [0.2, 0.25) is 0 Å². The predicted molar refractivity (Wildman–Crippen MR) is 41.4 cm³/mol. The molecule has 58 valence electrons. The third kappa shape index (κ3) is 1.74. The van der Waals surface area contributed by atoms with Crippen LogP contribution in [0.5, 0.6) is 0 Å². The topological polar surface area (TPSA) is 63.1 Å². The Labute approximate surface area is 71.4 Å². The number of carboxylic acids is 1. The van der Waals surface area contributed by atoms with Crippen LogP contribution in [0.3, 0.4) is 0 Å². The minimum Gasteiger partial charge on any atom is -0.476 e. The second-order valence-corrected chi connectivity index (χ2v) is 2.69. The normalized spacial score (nSPS) is 9.64. The van der Waals surface area contributed by atoms with E-state index in [0.29, 0.717) is 10.3 Å². The third-order valence-corrected chi connectivity index (χ3v) is 1.87. The van der Waals surface area contributed by atoms with Gasteiger partial charge in [0, 0.05) is 0 Å². The maximum Gasteiger partial charge on any atom is 0.356 e. The summed E-state index contributed by atoms with van der Waals surface area (Å²) >= 11 is 3.08. The molecule has 11 heavy (non-hydrogen) atoms. The molecule has 0 aliphatic heterocycles. The van der Waals surface area contributed by atoms with Crippen molar-refractivity contribution >= 4 is 21.9 Å². The van der Waals surface area contributed by atoms with Crippen molar-refractivity contribution in [3.05, 3.63) is 22.2 Å². The summed E-state index contributed by atoms with van der Waals surface area (Å²) in [6.07, 6.45) is 1.22. The van der Waals surface area contributed by atoms with Crippen molar-refractivity contribution in [3.8, 4) is 0 Å². The van der Waals surface area contributed by atoms with Crippen molar-refractivity contribution in [1.29, 1.82) is 0 Å². The van der Waals surface area contributed by atoms with Gasteiger partial charge in [-0.3, -0.25) is 4.98 Å². The van der Waals surface area contributed by atoms with Crippen LogP contribution in [0.4, 0.5) is 0 Å². The zero-order valence-corrected chi connectivity index (χ0v) is 7.29. The van der Waals surface area contributed by atoms with E-state index in [9.17, 15) is 4.79 Å². The number of rotatable bonds is 1. The molecule has 0 bridgehead atoms. The lowest BCUT2D eigenvalue weighted by Gasteiger charge is -1.96. The summed E-state index contributed by atoms with van der Waals surface area (Å²) in [5.41, 5.74) is 0.623. The van der Waals surface area contributed by atoms with Gasteiger partial charge in [-0.1, -0.05) is 0 Å². The van der Waals surface area contributed by atoms with E-state index < -0.39 is 5.97 Å². The van der Waals surface area contributed by atoms with Gasteiger partial charge in [0.05, 0.1) is 11.9 Å². The summed E-state index contributed by atoms with van der Waals surface area (Å²) < 4.78 is 0.470. The monoisotopic (exact) mass is 216 g/mol. The predicted octanol–water partition coefficient (Wildman–Crippen LogP) is 1.25. The highest BCUT2D eigenvalue weighted by atomic mass is 79.9. The molecule has 4 nitrogen and oxygen atoms in total. The quantitative estimate of drug-likeness (QED) is 0.768. The number of nitrogens with zero attached hydrogens (tertiary/aromatic N) is 2. The molecule has 0 aliphatic carbocycles. The van der Waals surface area contributed by atoms with E-state index in [1.165, 1.54) is 6.20 Å². The minimum atomic E-state index is -1.07. The smallest absolute Gasteiger partial charge is 0.356 e. The van der Waals surface area contributed by atoms with Crippen molar-refractivity contribution in [2.24, 2.45) is 0 Å². The molecule has 0 amide bonds. The van der Waals surface area contributed by atoms with Crippen molar-refractivity contribution < 1.29 is 9.90 Å². The summed E-state index contributed by atoms with van der Waals surface area (Å²) in [6, 6.07) is 0. The van der Waals surface area contributed by atoms with E-state index in [0.717, 1.165) is 0 Å². The number of carbonyl (C=O) groups is 1. The Kier molecular flexibility index (Phi) is 2.19. The van der Waals surface area contributed by atoms with Gasteiger partial charge < -0.3 is 5.11 Å². The fourth-order valence-electron chi connectivity index (χ4n) is 0.530. The maximum atomic E-state index is 10.3. The molecule has 0 aliphatic rings. The molecule has 1 heterocycles. The van der Waals surface area contributed by atoms with Crippen molar-refractivity contribution in [3.63, 3.8) is 0 Å². The molecule has 5 heteroatoms. The molecule has 1 aromatic rings. The Morgan fingerprint density at radius 2 is 2.36 bits per heavy atom. The third-order valence-electron chi connectivity index (χ3n) is 1.12. The molecule has 0 atom stereocenters. The van der Waals surface area contributed by atoms with Crippen LogP contribution in [0, 0.1) is 6.92 Å². The number of halogens is 1. The Hall–Kier alpha value is -0.970. The maximum absolute atomic E-state index is 10.3. The Balaban J connectivity index is 3.15. The van der Waals surface area contributed by atoms with Crippen LogP contribution in [-0.2, 0) is 0 Å². The molecule has 0 saturated heterocycles. The van der Waals surface area contributed by atoms with Crippen LogP contribution in [0.2, 0.25) is 0 Å². The largest absolute Gasteiger partial charge is 0.476 e. The zero-order valence-electron chi connectivity index (χ0n) is 5.71. The van der Waals surface area contributed by atoms with Gasteiger partial charge in [0.1, 0.15) is 4.60 Å². The second kappa shape index (κ2) is 2.96. The van der Waals surface area contributed by atoms with Crippen molar-refractivity contribution in [2.75, 3.05) is 0 Å². The molecule has 0 saturated carbocycles. The summed E-state index contributed by atoms with van der Waals surface area (Å²) in [6.45, 7) is 1.74. The molecule has 0 radical (unpaired) electrons. The van der Waals surface area contributed by atoms with Crippen LogP contribution in [0.1, 0.15) is 16.2 Å². The first kappa shape index (κ1) is 8.13. The van der Waals surface area contributed by atoms with Crippen LogP contribution < -0.4 is 0 Å². The molecule has 0 fully saturated rings. The van der Waals surface area contributed by atoms with E-state index in [1.807, 2.05) is 0 Å². The number of aromatic nitrogens is 2. The van der Waals surface area contributed by atoms with Crippen molar-refractivity contribution in [2.45, 2.75) is 6.92 Å². The molecule has 0 aromatic carbocycles. The van der Waals surface area contributed by atoms with Gasteiger partial charge in [-0.25, -0.2) is 9.78 Å². The molecule has 1 rings (SSSR count). The fraction of sp³-hybridized carbons (Fsp3) is 0.167. The number of aromatic carboxylic acids is 1. The Morgan fingerprint density at radius 1 is 1.73 bits per heavy atom. The van der Waals surface area contributed by atoms with E-state index in [-0.39, 0.29) is 5.69 Å². The SMILES string of the molecule is Cc1ncc(C(=O)O)nc1Br. The zero-order chi connectivity index (χ0) is 8.43. The van der Waals surface area contributed by atoms with Crippen LogP contribution in [-0.4, -0.2) is 21.0 Å². The van der Waals surface area contributed by atoms with E-state index in [2.05, 4.69) is 25.9 Å². The lowest BCUT2D eigenvalue weighted by molar-refractivity contribution is 0.0689. The van der Waals surface area contributed by atoms with Gasteiger partial charge in [0.25, 0.3) is 0 Å². The van der Waals surface area contributed by atoms with Gasteiger partial charge >= 0.3 is 5.97 Å². The highest BCUT2D eigenvalue weighted by Crippen LogP contribution is 2.09. The summed E-state index contributed by atoms with van der Waals surface area (Å²) in [5.74, 6) is -1.07. The Morgan fingerprint density at radius 3 is 2.82 bits per heavy atom. The molecule has 0 unspecified atom stereocenters. The number of hydrogen-bond acceptors (Lipinski definition) is 3. The lowest BCUT2D eigenvalue weighted by atomic mass is 10.4. The molecule has 1 N–H and O–H groups in total. The molecular weight excluding hydrogens is 212 g/mol. The molecular formula is C6H5BrN2O2. The Bertz CT molecular complexity index is 301. The van der Waals surface area contributed by atoms with E-state index >= 15 is 0 Å². The highest BCUT2D eigenvalue weighted by Gasteiger charge is 2.06. The average Bonchev–Trinajstić information content (AvgIpc) is 1.94. The minimum absolute atomic E-state index is 0.0533. The molecule has 0 spiro atoms. The standard InChI is InChI=1S/C6H5BrN2O2/c1-3-5(7)9-4(2-8-3)6(10)11/h2H,1H3,(H,10,11). The van der Waals surface area contributed by atoms with Gasteiger partial charge in [-0.05, 0) is 22.9 Å². The van der Waals surface area contributed by atoms with Gasteiger partial charge in [0.15, 0.2) is 5.69 Å². The number of carboxylic acid groups (broad SMARTS) is 1.